The molecular weight excluding hydrogens is 218 g/mol. The maximum atomic E-state index is 12.3. The van der Waals surface area contributed by atoms with Crippen molar-refractivity contribution >= 4 is 5.97 Å². The zero-order valence-electron chi connectivity index (χ0n) is 10.5. The van der Waals surface area contributed by atoms with Crippen molar-refractivity contribution in [1.82, 2.24) is 15.3 Å². The normalized spacial score (nSPS) is 24.9. The number of hydrogen-bond donors (Lipinski definition) is 2. The smallest absolute Gasteiger partial charge is 0.334 e. The Labute approximate surface area is 101 Å². The van der Waals surface area contributed by atoms with E-state index in [1.165, 1.54) is 0 Å². The Morgan fingerprint density at radius 3 is 2.76 bits per heavy atom. The fourth-order valence-electron chi connectivity index (χ4n) is 2.08. The van der Waals surface area contributed by atoms with E-state index in [0.29, 0.717) is 5.82 Å². The van der Waals surface area contributed by atoms with Crippen molar-refractivity contribution in [2.45, 2.75) is 44.8 Å². The lowest BCUT2D eigenvalue weighted by molar-refractivity contribution is -0.163. The van der Waals surface area contributed by atoms with E-state index in [-0.39, 0.29) is 5.97 Å². The van der Waals surface area contributed by atoms with Gasteiger partial charge in [0.2, 0.25) is 0 Å². The van der Waals surface area contributed by atoms with Gasteiger partial charge < -0.3 is 9.72 Å². The summed E-state index contributed by atoms with van der Waals surface area (Å²) in [4.78, 5) is 19.6. The van der Waals surface area contributed by atoms with E-state index in [0.717, 1.165) is 19.4 Å². The lowest BCUT2D eigenvalue weighted by Crippen LogP contribution is -2.48. The fraction of sp³-hybridized carbons (Fsp3) is 0.667. The number of carbonyl (C=O) groups excluding carboxylic acids is 1. The molecule has 2 N–H and O–H groups in total. The molecule has 0 aromatic carbocycles. The number of H-pyrrole nitrogens is 1. The second kappa shape index (κ2) is 4.14. The number of ether oxygens (including phenoxy) is 1. The van der Waals surface area contributed by atoms with Crippen LogP contribution in [0.3, 0.4) is 0 Å². The van der Waals surface area contributed by atoms with Gasteiger partial charge in [0.1, 0.15) is 11.4 Å². The van der Waals surface area contributed by atoms with Crippen LogP contribution in [0, 0.1) is 0 Å². The number of carbonyl (C=O) groups is 1. The van der Waals surface area contributed by atoms with Crippen LogP contribution in [0.4, 0.5) is 0 Å². The molecule has 5 nitrogen and oxygen atoms in total. The molecule has 1 aromatic rings. The van der Waals surface area contributed by atoms with Gasteiger partial charge in [0.25, 0.3) is 0 Å². The molecule has 1 aliphatic rings. The van der Waals surface area contributed by atoms with Crippen molar-refractivity contribution < 1.29 is 9.53 Å². The third-order valence-corrected chi connectivity index (χ3v) is 2.81. The quantitative estimate of drug-likeness (QED) is 0.761. The lowest BCUT2D eigenvalue weighted by atomic mass is 9.96. The van der Waals surface area contributed by atoms with Gasteiger partial charge in [-0.15, -0.1) is 0 Å². The zero-order valence-corrected chi connectivity index (χ0v) is 10.5. The summed E-state index contributed by atoms with van der Waals surface area (Å²) in [6, 6.07) is 0. The van der Waals surface area contributed by atoms with E-state index in [1.807, 2.05) is 20.8 Å². The van der Waals surface area contributed by atoms with Gasteiger partial charge in [-0.1, -0.05) is 0 Å². The topological polar surface area (TPSA) is 67.0 Å². The highest BCUT2D eigenvalue weighted by atomic mass is 16.6. The van der Waals surface area contributed by atoms with Gasteiger partial charge in [-0.3, -0.25) is 5.32 Å². The molecule has 0 amide bonds. The second-order valence-corrected chi connectivity index (χ2v) is 5.38. The first-order chi connectivity index (χ1) is 7.94. The Morgan fingerprint density at radius 2 is 2.29 bits per heavy atom. The number of nitrogens with zero attached hydrogens (tertiary/aromatic N) is 1. The number of esters is 1. The molecule has 1 fully saturated rings. The summed E-state index contributed by atoms with van der Waals surface area (Å²) in [5.74, 6) is 0.390. The van der Waals surface area contributed by atoms with Crippen molar-refractivity contribution in [1.29, 1.82) is 0 Å². The average Bonchev–Trinajstić information content (AvgIpc) is 2.87. The molecule has 0 saturated carbocycles. The molecule has 0 aliphatic carbocycles. The lowest BCUT2D eigenvalue weighted by Gasteiger charge is -2.29. The first-order valence-corrected chi connectivity index (χ1v) is 5.92. The number of rotatable bonds is 2. The van der Waals surface area contributed by atoms with Crippen LogP contribution in [-0.4, -0.2) is 28.1 Å². The van der Waals surface area contributed by atoms with E-state index in [4.69, 9.17) is 4.74 Å². The monoisotopic (exact) mass is 237 g/mol. The number of aromatic amines is 1. The van der Waals surface area contributed by atoms with E-state index in [1.54, 1.807) is 12.4 Å². The minimum absolute atomic E-state index is 0.252. The second-order valence-electron chi connectivity index (χ2n) is 5.38. The summed E-state index contributed by atoms with van der Waals surface area (Å²) < 4.78 is 5.49. The molecule has 1 atom stereocenters. The average molecular weight is 237 g/mol. The van der Waals surface area contributed by atoms with Crippen LogP contribution in [0.25, 0.3) is 0 Å². The number of hydrogen-bond acceptors (Lipinski definition) is 4. The minimum atomic E-state index is -0.795. The van der Waals surface area contributed by atoms with Crippen LogP contribution >= 0.6 is 0 Å². The number of aromatic nitrogens is 2. The Balaban J connectivity index is 2.26. The molecule has 2 rings (SSSR count). The molecule has 1 aromatic heterocycles. The van der Waals surface area contributed by atoms with E-state index < -0.39 is 11.1 Å². The maximum absolute atomic E-state index is 12.3. The van der Waals surface area contributed by atoms with Crippen molar-refractivity contribution in [2.75, 3.05) is 6.54 Å². The van der Waals surface area contributed by atoms with E-state index >= 15 is 0 Å². The zero-order chi connectivity index (χ0) is 12.5. The predicted molar refractivity (Wildman–Crippen MR) is 63.3 cm³/mol. The molecule has 0 bridgehead atoms. The molecule has 1 saturated heterocycles. The number of imidazole rings is 1. The van der Waals surface area contributed by atoms with Crippen molar-refractivity contribution in [3.05, 3.63) is 18.2 Å². The summed E-state index contributed by atoms with van der Waals surface area (Å²) in [6.07, 6.45) is 5.04. The summed E-state index contributed by atoms with van der Waals surface area (Å²) in [6.45, 7) is 6.42. The van der Waals surface area contributed by atoms with Gasteiger partial charge >= 0.3 is 5.97 Å². The van der Waals surface area contributed by atoms with Gasteiger partial charge in [-0.05, 0) is 40.2 Å². The highest BCUT2D eigenvalue weighted by Gasteiger charge is 2.47. The Morgan fingerprint density at radius 1 is 1.53 bits per heavy atom. The van der Waals surface area contributed by atoms with Gasteiger partial charge in [-0.2, -0.15) is 0 Å². The Kier molecular flexibility index (Phi) is 2.95. The third kappa shape index (κ3) is 2.34. The van der Waals surface area contributed by atoms with Crippen LogP contribution in [0.15, 0.2) is 12.4 Å². The van der Waals surface area contributed by atoms with Crippen LogP contribution in [0.2, 0.25) is 0 Å². The van der Waals surface area contributed by atoms with Gasteiger partial charge in [0.15, 0.2) is 5.54 Å². The SMILES string of the molecule is CC(C)(C)OC(=O)[C@@]1(c2ncc[nH]2)CCCN1. The van der Waals surface area contributed by atoms with Crippen LogP contribution < -0.4 is 5.32 Å². The minimum Gasteiger partial charge on any atom is -0.458 e. The van der Waals surface area contributed by atoms with Crippen LogP contribution in [0.1, 0.15) is 39.4 Å². The van der Waals surface area contributed by atoms with Gasteiger partial charge in [0.05, 0.1) is 0 Å². The molecule has 17 heavy (non-hydrogen) atoms. The van der Waals surface area contributed by atoms with Crippen molar-refractivity contribution in [3.63, 3.8) is 0 Å². The van der Waals surface area contributed by atoms with Crippen LogP contribution in [-0.2, 0) is 15.1 Å². The van der Waals surface area contributed by atoms with E-state index in [2.05, 4.69) is 15.3 Å². The first-order valence-electron chi connectivity index (χ1n) is 5.92. The van der Waals surface area contributed by atoms with Gasteiger partial charge in [-0.25, -0.2) is 9.78 Å². The predicted octanol–water partition coefficient (Wildman–Crippen LogP) is 1.33. The largest absolute Gasteiger partial charge is 0.458 e. The summed E-state index contributed by atoms with van der Waals surface area (Å²) >= 11 is 0. The van der Waals surface area contributed by atoms with Crippen molar-refractivity contribution in [3.8, 4) is 0 Å². The molecule has 2 heterocycles. The molecule has 5 heteroatoms. The first kappa shape index (κ1) is 12.1. The standard InChI is InChI=1S/C12H19N3O2/c1-11(2,3)17-10(16)12(5-4-6-15-12)9-13-7-8-14-9/h7-8,15H,4-6H2,1-3H3,(H,13,14)/t12-/m0/s1. The number of nitrogens with one attached hydrogen (secondary N) is 2. The highest BCUT2D eigenvalue weighted by molar-refractivity contribution is 5.82. The molecule has 1 aliphatic heterocycles. The summed E-state index contributed by atoms with van der Waals surface area (Å²) in [5, 5.41) is 3.23. The molecule has 0 radical (unpaired) electrons. The fourth-order valence-corrected chi connectivity index (χ4v) is 2.08. The summed E-state index contributed by atoms with van der Waals surface area (Å²) in [7, 11) is 0. The molecule has 0 unspecified atom stereocenters. The molecular formula is C12H19N3O2. The summed E-state index contributed by atoms with van der Waals surface area (Å²) in [5.41, 5.74) is -1.28. The maximum Gasteiger partial charge on any atom is 0.334 e. The Bertz CT molecular complexity index is 386. The van der Waals surface area contributed by atoms with E-state index in [9.17, 15) is 4.79 Å². The Hall–Kier alpha value is -1.36. The van der Waals surface area contributed by atoms with Gasteiger partial charge in [0, 0.05) is 12.4 Å². The van der Waals surface area contributed by atoms with Crippen LogP contribution in [0.5, 0.6) is 0 Å². The highest BCUT2D eigenvalue weighted by Crippen LogP contribution is 2.31. The van der Waals surface area contributed by atoms with Crippen molar-refractivity contribution in [2.24, 2.45) is 0 Å². The third-order valence-electron chi connectivity index (χ3n) is 2.81. The molecule has 94 valence electrons. The molecule has 0 spiro atoms.